The average molecular weight is 220 g/mol. The number of hydrogen-bond acceptors (Lipinski definition) is 3. The molecular weight excluding hydrogens is 204 g/mol. The molecule has 86 valence electrons. The molecule has 0 spiro atoms. The number of benzene rings is 1. The van der Waals surface area contributed by atoms with E-state index in [-0.39, 0.29) is 5.91 Å². The first-order valence-corrected chi connectivity index (χ1v) is 5.08. The van der Waals surface area contributed by atoms with Gasteiger partial charge in [0.2, 0.25) is 0 Å². The minimum absolute atomic E-state index is 0.320. The van der Waals surface area contributed by atoms with Crippen LogP contribution >= 0.6 is 0 Å². The van der Waals surface area contributed by atoms with Crippen molar-refractivity contribution in [3.05, 3.63) is 42.2 Å². The number of rotatable bonds is 4. The van der Waals surface area contributed by atoms with Crippen molar-refractivity contribution in [1.82, 2.24) is 0 Å². The summed E-state index contributed by atoms with van der Waals surface area (Å²) in [6, 6.07) is 7.41. The van der Waals surface area contributed by atoms with Crippen LogP contribution in [0, 0.1) is 6.92 Å². The Morgan fingerprint density at radius 1 is 1.56 bits per heavy atom. The van der Waals surface area contributed by atoms with Crippen LogP contribution in [0.4, 0.5) is 5.69 Å². The van der Waals surface area contributed by atoms with Gasteiger partial charge in [0, 0.05) is 6.08 Å². The SMILES string of the molecule is CCO/C=C/C(=O)N(N)c1cccc(C)c1. The van der Waals surface area contributed by atoms with E-state index in [4.69, 9.17) is 10.6 Å². The van der Waals surface area contributed by atoms with E-state index < -0.39 is 0 Å². The van der Waals surface area contributed by atoms with Crippen LogP contribution in [0.3, 0.4) is 0 Å². The van der Waals surface area contributed by atoms with E-state index in [0.717, 1.165) is 10.6 Å². The molecule has 16 heavy (non-hydrogen) atoms. The lowest BCUT2D eigenvalue weighted by Crippen LogP contribution is -2.36. The number of nitrogens with zero attached hydrogens (tertiary/aromatic N) is 1. The first-order valence-electron chi connectivity index (χ1n) is 5.08. The van der Waals surface area contributed by atoms with Gasteiger partial charge in [-0.3, -0.25) is 4.79 Å². The number of hydrogen-bond donors (Lipinski definition) is 1. The van der Waals surface area contributed by atoms with Gasteiger partial charge in [0.15, 0.2) is 0 Å². The largest absolute Gasteiger partial charge is 0.501 e. The van der Waals surface area contributed by atoms with Gasteiger partial charge in [-0.05, 0) is 31.5 Å². The maximum atomic E-state index is 11.6. The number of hydrazine groups is 1. The van der Waals surface area contributed by atoms with Gasteiger partial charge in [0.25, 0.3) is 5.91 Å². The number of nitrogens with two attached hydrogens (primary N) is 1. The molecule has 0 aliphatic heterocycles. The minimum atomic E-state index is -0.320. The van der Waals surface area contributed by atoms with Crippen molar-refractivity contribution in [2.45, 2.75) is 13.8 Å². The molecule has 1 amide bonds. The summed E-state index contributed by atoms with van der Waals surface area (Å²) in [4.78, 5) is 11.6. The maximum Gasteiger partial charge on any atom is 0.268 e. The molecule has 0 radical (unpaired) electrons. The fraction of sp³-hybridized carbons (Fsp3) is 0.250. The Morgan fingerprint density at radius 2 is 2.31 bits per heavy atom. The van der Waals surface area contributed by atoms with Crippen LogP contribution < -0.4 is 10.9 Å². The molecule has 0 heterocycles. The molecule has 0 aliphatic rings. The van der Waals surface area contributed by atoms with E-state index in [0.29, 0.717) is 12.3 Å². The Kier molecular flexibility index (Phi) is 4.54. The van der Waals surface area contributed by atoms with Gasteiger partial charge in [-0.2, -0.15) is 0 Å². The highest BCUT2D eigenvalue weighted by atomic mass is 16.5. The highest BCUT2D eigenvalue weighted by Gasteiger charge is 2.07. The van der Waals surface area contributed by atoms with Crippen molar-refractivity contribution >= 4 is 11.6 Å². The Hall–Kier alpha value is -1.81. The number of amides is 1. The summed E-state index contributed by atoms with van der Waals surface area (Å²) in [5.41, 5.74) is 1.71. The molecule has 0 saturated carbocycles. The van der Waals surface area contributed by atoms with Gasteiger partial charge in [-0.15, -0.1) is 0 Å². The van der Waals surface area contributed by atoms with Crippen molar-refractivity contribution < 1.29 is 9.53 Å². The third-order valence-corrected chi connectivity index (χ3v) is 1.99. The lowest BCUT2D eigenvalue weighted by molar-refractivity contribution is -0.114. The molecule has 0 saturated heterocycles. The summed E-state index contributed by atoms with van der Waals surface area (Å²) in [5, 5.41) is 1.09. The zero-order valence-electron chi connectivity index (χ0n) is 9.51. The van der Waals surface area contributed by atoms with Crippen LogP contribution in [0.15, 0.2) is 36.6 Å². The lowest BCUT2D eigenvalue weighted by Gasteiger charge is -2.14. The van der Waals surface area contributed by atoms with Crippen molar-refractivity contribution in [1.29, 1.82) is 0 Å². The fourth-order valence-corrected chi connectivity index (χ4v) is 1.19. The normalized spacial score (nSPS) is 10.4. The molecule has 2 N–H and O–H groups in total. The van der Waals surface area contributed by atoms with Gasteiger partial charge in [-0.25, -0.2) is 10.9 Å². The first kappa shape index (κ1) is 12.3. The Balaban J connectivity index is 2.70. The summed E-state index contributed by atoms with van der Waals surface area (Å²) in [6.45, 7) is 4.31. The van der Waals surface area contributed by atoms with Crippen LogP contribution in [0.25, 0.3) is 0 Å². The molecule has 0 atom stereocenters. The second-order valence-corrected chi connectivity index (χ2v) is 3.31. The van der Waals surface area contributed by atoms with E-state index in [1.807, 2.05) is 32.0 Å². The molecular formula is C12H16N2O2. The molecule has 4 heteroatoms. The Bertz CT molecular complexity index is 388. The topological polar surface area (TPSA) is 55.6 Å². The van der Waals surface area contributed by atoms with Gasteiger partial charge in [0.05, 0.1) is 18.6 Å². The third kappa shape index (κ3) is 3.40. The van der Waals surface area contributed by atoms with E-state index in [1.165, 1.54) is 12.3 Å². The molecule has 1 aromatic carbocycles. The van der Waals surface area contributed by atoms with Gasteiger partial charge < -0.3 is 4.74 Å². The number of carbonyl (C=O) groups excluding carboxylic acids is 1. The number of ether oxygens (including phenoxy) is 1. The second kappa shape index (κ2) is 5.92. The summed E-state index contributed by atoms with van der Waals surface area (Å²) in [7, 11) is 0. The minimum Gasteiger partial charge on any atom is -0.501 e. The van der Waals surface area contributed by atoms with E-state index in [1.54, 1.807) is 6.07 Å². The number of anilines is 1. The molecule has 4 nitrogen and oxygen atoms in total. The molecule has 0 aliphatic carbocycles. The summed E-state index contributed by atoms with van der Waals surface area (Å²) >= 11 is 0. The van der Waals surface area contributed by atoms with Gasteiger partial charge in [0.1, 0.15) is 0 Å². The molecule has 0 aromatic heterocycles. The van der Waals surface area contributed by atoms with Gasteiger partial charge >= 0.3 is 0 Å². The zero-order chi connectivity index (χ0) is 12.0. The van der Waals surface area contributed by atoms with E-state index in [2.05, 4.69) is 0 Å². The Labute approximate surface area is 95.3 Å². The molecule has 0 unspecified atom stereocenters. The van der Waals surface area contributed by atoms with Crippen LogP contribution in [0.1, 0.15) is 12.5 Å². The zero-order valence-corrected chi connectivity index (χ0v) is 9.51. The summed E-state index contributed by atoms with van der Waals surface area (Å²) in [6.07, 6.45) is 2.64. The quantitative estimate of drug-likeness (QED) is 0.276. The highest BCUT2D eigenvalue weighted by Crippen LogP contribution is 2.12. The number of aryl methyl sites for hydroxylation is 1. The highest BCUT2D eigenvalue weighted by molar-refractivity contribution is 6.00. The lowest BCUT2D eigenvalue weighted by atomic mass is 10.2. The third-order valence-electron chi connectivity index (χ3n) is 1.99. The Morgan fingerprint density at radius 3 is 2.94 bits per heavy atom. The molecule has 1 aromatic rings. The van der Waals surface area contributed by atoms with E-state index in [9.17, 15) is 4.79 Å². The smallest absolute Gasteiger partial charge is 0.268 e. The maximum absolute atomic E-state index is 11.6. The molecule has 0 fully saturated rings. The first-order chi connectivity index (χ1) is 7.65. The van der Waals surface area contributed by atoms with Crippen LogP contribution in [-0.4, -0.2) is 12.5 Å². The van der Waals surface area contributed by atoms with Crippen molar-refractivity contribution in [3.8, 4) is 0 Å². The fourth-order valence-electron chi connectivity index (χ4n) is 1.19. The molecule has 0 bridgehead atoms. The van der Waals surface area contributed by atoms with Crippen molar-refractivity contribution in [3.63, 3.8) is 0 Å². The van der Waals surface area contributed by atoms with Crippen LogP contribution in [-0.2, 0) is 9.53 Å². The average Bonchev–Trinajstić information content (AvgIpc) is 2.28. The predicted octanol–water partition coefficient (Wildman–Crippen LogP) is 1.75. The molecule has 1 rings (SSSR count). The number of carbonyl (C=O) groups is 1. The predicted molar refractivity (Wildman–Crippen MR) is 63.6 cm³/mol. The van der Waals surface area contributed by atoms with Crippen LogP contribution in [0.2, 0.25) is 0 Å². The summed E-state index contributed by atoms with van der Waals surface area (Å²) < 4.78 is 4.93. The monoisotopic (exact) mass is 220 g/mol. The summed E-state index contributed by atoms with van der Waals surface area (Å²) in [5.74, 6) is 5.35. The standard InChI is InChI=1S/C12H16N2O2/c1-3-16-8-7-12(15)14(13)11-6-4-5-10(2)9-11/h4-9H,3,13H2,1-2H3/b8-7+. The van der Waals surface area contributed by atoms with Crippen LogP contribution in [0.5, 0.6) is 0 Å². The second-order valence-electron chi connectivity index (χ2n) is 3.31. The van der Waals surface area contributed by atoms with Gasteiger partial charge in [-0.1, -0.05) is 12.1 Å². The van der Waals surface area contributed by atoms with Crippen molar-refractivity contribution in [2.24, 2.45) is 5.84 Å². The van der Waals surface area contributed by atoms with Crippen molar-refractivity contribution in [2.75, 3.05) is 11.6 Å². The van der Waals surface area contributed by atoms with E-state index >= 15 is 0 Å².